The first-order valence-electron chi connectivity index (χ1n) is 14.9. The summed E-state index contributed by atoms with van der Waals surface area (Å²) < 4.78 is 48.8. The Morgan fingerprint density at radius 2 is 1.77 bits per heavy atom. The van der Waals surface area contributed by atoms with Crippen LogP contribution in [-0.2, 0) is 53.8 Å². The van der Waals surface area contributed by atoms with Crippen LogP contribution in [-0.4, -0.2) is 96.3 Å². The van der Waals surface area contributed by atoms with E-state index in [1.54, 1.807) is 0 Å². The third kappa shape index (κ3) is 9.07. The molecule has 1 aromatic rings. The van der Waals surface area contributed by atoms with Gasteiger partial charge in [0.1, 0.15) is 18.3 Å². The molecular formula is C31H51NO10Si. The second kappa shape index (κ2) is 14.5. The molecule has 244 valence electrons. The van der Waals surface area contributed by atoms with Gasteiger partial charge in [0.25, 0.3) is 5.79 Å². The summed E-state index contributed by atoms with van der Waals surface area (Å²) in [6.07, 6.45) is -3.00. The SMILES string of the molecule is COC(=O)[C@]1(OC)C[C@H](O[Si](C)(C)C(C)(C)C)[C@@H](NC(C)=O)[C@H]([C@H](OCCOCc2ccccc2)[C@H]2COC(C)(C)O2)O1. The highest BCUT2D eigenvalue weighted by molar-refractivity contribution is 6.74. The minimum absolute atomic E-state index is 0.00452. The quantitative estimate of drug-likeness (QED) is 0.196. The Labute approximate surface area is 257 Å². The van der Waals surface area contributed by atoms with Crippen molar-refractivity contribution in [3.8, 4) is 0 Å². The van der Waals surface area contributed by atoms with Crippen molar-refractivity contribution in [1.29, 1.82) is 0 Å². The minimum atomic E-state index is -2.42. The van der Waals surface area contributed by atoms with Gasteiger partial charge in [-0.3, -0.25) is 4.79 Å². The fraction of sp³-hybridized carbons (Fsp3) is 0.742. The average molecular weight is 626 g/mol. The molecule has 2 aliphatic rings. The molecule has 0 unspecified atom stereocenters. The molecule has 2 saturated heterocycles. The molecule has 1 aromatic carbocycles. The first-order chi connectivity index (χ1) is 20.0. The van der Waals surface area contributed by atoms with E-state index in [-0.39, 0.29) is 37.2 Å². The van der Waals surface area contributed by atoms with Crippen molar-refractivity contribution in [1.82, 2.24) is 5.32 Å². The Bertz CT molecular complexity index is 1060. The third-order valence-electron chi connectivity index (χ3n) is 8.37. The van der Waals surface area contributed by atoms with Crippen LogP contribution in [0.4, 0.5) is 0 Å². The van der Waals surface area contributed by atoms with Gasteiger partial charge in [0.15, 0.2) is 14.1 Å². The monoisotopic (exact) mass is 625 g/mol. The summed E-state index contributed by atoms with van der Waals surface area (Å²) in [5, 5.41) is 2.89. The van der Waals surface area contributed by atoms with Gasteiger partial charge in [0, 0.05) is 20.5 Å². The van der Waals surface area contributed by atoms with Crippen LogP contribution in [0.15, 0.2) is 30.3 Å². The van der Waals surface area contributed by atoms with Gasteiger partial charge in [-0.15, -0.1) is 0 Å². The van der Waals surface area contributed by atoms with Crippen LogP contribution in [0.5, 0.6) is 0 Å². The molecular weight excluding hydrogens is 574 g/mol. The van der Waals surface area contributed by atoms with Crippen molar-refractivity contribution in [3.63, 3.8) is 0 Å². The van der Waals surface area contributed by atoms with E-state index in [1.807, 2.05) is 44.2 Å². The summed E-state index contributed by atoms with van der Waals surface area (Å²) in [7, 11) is 0.244. The van der Waals surface area contributed by atoms with Crippen LogP contribution in [0.2, 0.25) is 18.1 Å². The third-order valence-corrected chi connectivity index (χ3v) is 12.9. The molecule has 1 amide bonds. The topological polar surface area (TPSA) is 120 Å². The van der Waals surface area contributed by atoms with Gasteiger partial charge in [-0.1, -0.05) is 51.1 Å². The molecule has 1 N–H and O–H groups in total. The molecule has 0 aliphatic carbocycles. The molecule has 2 heterocycles. The first kappa shape index (κ1) is 35.6. The van der Waals surface area contributed by atoms with Crippen molar-refractivity contribution in [2.45, 2.75) is 115 Å². The standard InChI is InChI=1S/C31H51NO10Si/c1-21(33)32-25-23(42-43(9,10)29(2,3)4)18-31(36-8,28(34)35-7)41-27(25)26(24-20-39-30(5,6)40-24)38-17-16-37-19-22-14-12-11-13-15-22/h11-15,23-27H,16-20H2,1-10H3,(H,32,33)/t23-,24+,25+,26+,27+,31-/m0/s1. The zero-order valence-corrected chi connectivity index (χ0v) is 28.4. The Hall–Kier alpha value is -1.90. The Kier molecular flexibility index (Phi) is 12.0. The lowest BCUT2D eigenvalue weighted by molar-refractivity contribution is -0.308. The minimum Gasteiger partial charge on any atom is -0.465 e. The maximum Gasteiger partial charge on any atom is 0.366 e. The fourth-order valence-corrected chi connectivity index (χ4v) is 6.44. The van der Waals surface area contributed by atoms with Crippen LogP contribution in [0.25, 0.3) is 0 Å². The highest BCUT2D eigenvalue weighted by Gasteiger charge is 2.59. The van der Waals surface area contributed by atoms with Gasteiger partial charge < -0.3 is 42.9 Å². The number of rotatable bonds is 13. The van der Waals surface area contributed by atoms with E-state index < -0.39 is 56.3 Å². The maximum atomic E-state index is 13.3. The van der Waals surface area contributed by atoms with Crippen LogP contribution in [0, 0.1) is 0 Å². The molecule has 43 heavy (non-hydrogen) atoms. The summed E-state index contributed by atoms with van der Waals surface area (Å²) in [6, 6.07) is 9.14. The second-order valence-electron chi connectivity index (χ2n) is 13.1. The molecule has 0 aromatic heterocycles. The molecule has 12 heteroatoms. The predicted octanol–water partition coefficient (Wildman–Crippen LogP) is 3.94. The first-order valence-corrected chi connectivity index (χ1v) is 17.8. The van der Waals surface area contributed by atoms with Crippen molar-refractivity contribution >= 4 is 20.2 Å². The van der Waals surface area contributed by atoms with E-state index in [0.29, 0.717) is 6.61 Å². The summed E-state index contributed by atoms with van der Waals surface area (Å²) in [5.74, 6) is -3.66. The van der Waals surface area contributed by atoms with E-state index in [0.717, 1.165) is 5.56 Å². The lowest BCUT2D eigenvalue weighted by atomic mass is 9.88. The Morgan fingerprint density at radius 1 is 1.09 bits per heavy atom. The number of esters is 1. The van der Waals surface area contributed by atoms with Gasteiger partial charge >= 0.3 is 5.97 Å². The average Bonchev–Trinajstić information content (AvgIpc) is 3.29. The van der Waals surface area contributed by atoms with Crippen LogP contribution < -0.4 is 5.32 Å². The number of ether oxygens (including phenoxy) is 7. The molecule has 2 aliphatic heterocycles. The van der Waals surface area contributed by atoms with Gasteiger partial charge in [0.05, 0.1) is 45.7 Å². The molecule has 6 atom stereocenters. The van der Waals surface area contributed by atoms with Gasteiger partial charge in [-0.2, -0.15) is 0 Å². The number of amides is 1. The zero-order valence-electron chi connectivity index (χ0n) is 27.4. The Balaban J connectivity index is 1.97. The molecule has 2 fully saturated rings. The highest BCUT2D eigenvalue weighted by Crippen LogP contribution is 2.43. The van der Waals surface area contributed by atoms with E-state index in [2.05, 4.69) is 39.2 Å². The van der Waals surface area contributed by atoms with E-state index >= 15 is 0 Å². The Morgan fingerprint density at radius 3 is 2.30 bits per heavy atom. The number of nitrogens with one attached hydrogen (secondary N) is 1. The normalized spacial score (nSPS) is 28.3. The highest BCUT2D eigenvalue weighted by atomic mass is 28.4. The van der Waals surface area contributed by atoms with Gasteiger partial charge in [-0.25, -0.2) is 4.79 Å². The van der Waals surface area contributed by atoms with Crippen LogP contribution in [0.3, 0.4) is 0 Å². The smallest absolute Gasteiger partial charge is 0.366 e. The predicted molar refractivity (Wildman–Crippen MR) is 162 cm³/mol. The summed E-state index contributed by atoms with van der Waals surface area (Å²) in [6.45, 7) is 16.8. The van der Waals surface area contributed by atoms with Gasteiger partial charge in [-0.05, 0) is 37.5 Å². The number of carbonyl (C=O) groups excluding carboxylic acids is 2. The summed E-state index contributed by atoms with van der Waals surface area (Å²) >= 11 is 0. The molecule has 0 radical (unpaired) electrons. The molecule has 0 saturated carbocycles. The van der Waals surface area contributed by atoms with E-state index in [9.17, 15) is 9.59 Å². The van der Waals surface area contributed by atoms with Crippen LogP contribution in [0.1, 0.15) is 53.5 Å². The molecule has 0 bridgehead atoms. The number of benzene rings is 1. The maximum absolute atomic E-state index is 13.3. The largest absolute Gasteiger partial charge is 0.465 e. The summed E-state index contributed by atoms with van der Waals surface area (Å²) in [4.78, 5) is 25.9. The van der Waals surface area contributed by atoms with Crippen molar-refractivity contribution in [3.05, 3.63) is 35.9 Å². The van der Waals surface area contributed by atoms with E-state index in [1.165, 1.54) is 21.1 Å². The van der Waals surface area contributed by atoms with Gasteiger partial charge in [0.2, 0.25) is 5.91 Å². The zero-order chi connectivity index (χ0) is 32.1. The van der Waals surface area contributed by atoms with Crippen molar-refractivity contribution in [2.24, 2.45) is 0 Å². The lowest BCUT2D eigenvalue weighted by Crippen LogP contribution is -2.70. The summed E-state index contributed by atoms with van der Waals surface area (Å²) in [5.41, 5.74) is 1.04. The fourth-order valence-electron chi connectivity index (χ4n) is 5.10. The lowest BCUT2D eigenvalue weighted by Gasteiger charge is -2.51. The van der Waals surface area contributed by atoms with Crippen LogP contribution >= 0.6 is 0 Å². The number of hydrogen-bond donors (Lipinski definition) is 1. The number of carbonyl (C=O) groups is 2. The second-order valence-corrected chi connectivity index (χ2v) is 17.9. The molecule has 3 rings (SSSR count). The number of methoxy groups -OCH3 is 2. The number of hydrogen-bond acceptors (Lipinski definition) is 10. The van der Waals surface area contributed by atoms with Crippen molar-refractivity contribution in [2.75, 3.05) is 34.0 Å². The van der Waals surface area contributed by atoms with Crippen molar-refractivity contribution < 1.29 is 47.2 Å². The molecule has 11 nitrogen and oxygen atoms in total. The van der Waals surface area contributed by atoms with E-state index in [4.69, 9.17) is 37.6 Å². The molecule has 0 spiro atoms.